The Hall–Kier alpha value is -0.910. The number of aliphatic hydroxyl groups is 1. The zero-order valence-corrected chi connectivity index (χ0v) is 7.72. The SMILES string of the molecule is NC(CO)c1cc(Cl)c(F)c(F)c1O. The number of hydrogen-bond acceptors (Lipinski definition) is 3. The summed E-state index contributed by atoms with van der Waals surface area (Å²) in [4.78, 5) is 0. The van der Waals surface area contributed by atoms with Crippen LogP contribution >= 0.6 is 11.6 Å². The van der Waals surface area contributed by atoms with E-state index in [0.717, 1.165) is 6.07 Å². The van der Waals surface area contributed by atoms with E-state index in [1.165, 1.54) is 0 Å². The molecule has 4 N–H and O–H groups in total. The van der Waals surface area contributed by atoms with Gasteiger partial charge in [-0.3, -0.25) is 0 Å². The van der Waals surface area contributed by atoms with Crippen LogP contribution in [0.3, 0.4) is 0 Å². The summed E-state index contributed by atoms with van der Waals surface area (Å²) in [6.45, 7) is -0.505. The van der Waals surface area contributed by atoms with E-state index in [-0.39, 0.29) is 5.56 Å². The molecule has 0 aliphatic heterocycles. The van der Waals surface area contributed by atoms with Crippen molar-refractivity contribution in [3.63, 3.8) is 0 Å². The van der Waals surface area contributed by atoms with Crippen LogP contribution in [0.2, 0.25) is 5.02 Å². The molecule has 1 unspecified atom stereocenters. The van der Waals surface area contributed by atoms with Crippen LogP contribution in [-0.2, 0) is 0 Å². The Balaban J connectivity index is 3.33. The number of benzene rings is 1. The predicted octanol–water partition coefficient (Wildman–Crippen LogP) is 1.32. The van der Waals surface area contributed by atoms with Gasteiger partial charge in [0.1, 0.15) is 0 Å². The lowest BCUT2D eigenvalue weighted by molar-refractivity contribution is 0.264. The second-order valence-corrected chi connectivity index (χ2v) is 3.12. The smallest absolute Gasteiger partial charge is 0.202 e. The van der Waals surface area contributed by atoms with Gasteiger partial charge in [0.2, 0.25) is 5.82 Å². The summed E-state index contributed by atoms with van der Waals surface area (Å²) in [5.41, 5.74) is 5.20. The van der Waals surface area contributed by atoms with Crippen molar-refractivity contribution >= 4 is 11.6 Å². The summed E-state index contributed by atoms with van der Waals surface area (Å²) in [6, 6.07) is -0.0153. The van der Waals surface area contributed by atoms with E-state index in [0.29, 0.717) is 0 Å². The van der Waals surface area contributed by atoms with Crippen molar-refractivity contribution in [1.29, 1.82) is 0 Å². The Morgan fingerprint density at radius 3 is 2.50 bits per heavy atom. The normalized spacial score (nSPS) is 12.9. The highest BCUT2D eigenvalue weighted by Crippen LogP contribution is 2.32. The third-order valence-corrected chi connectivity index (χ3v) is 2.04. The summed E-state index contributed by atoms with van der Waals surface area (Å²) in [5, 5.41) is 17.3. The van der Waals surface area contributed by atoms with Crippen molar-refractivity contribution < 1.29 is 19.0 Å². The van der Waals surface area contributed by atoms with E-state index in [2.05, 4.69) is 0 Å². The van der Waals surface area contributed by atoms with Crippen LogP contribution in [0.25, 0.3) is 0 Å². The van der Waals surface area contributed by atoms with Crippen LogP contribution < -0.4 is 5.73 Å². The first-order valence-corrected chi connectivity index (χ1v) is 4.09. The fourth-order valence-electron chi connectivity index (χ4n) is 0.985. The zero-order valence-electron chi connectivity index (χ0n) is 6.97. The van der Waals surface area contributed by atoms with Gasteiger partial charge < -0.3 is 15.9 Å². The zero-order chi connectivity index (χ0) is 10.9. The van der Waals surface area contributed by atoms with Crippen LogP contribution in [0.15, 0.2) is 6.07 Å². The van der Waals surface area contributed by atoms with Crippen LogP contribution in [0.4, 0.5) is 8.78 Å². The first-order chi connectivity index (χ1) is 6.49. The highest BCUT2D eigenvalue weighted by atomic mass is 35.5. The molecule has 6 heteroatoms. The molecule has 1 rings (SSSR count). The van der Waals surface area contributed by atoms with E-state index in [9.17, 15) is 8.78 Å². The molecular weight excluding hydrogens is 216 g/mol. The molecule has 14 heavy (non-hydrogen) atoms. The summed E-state index contributed by atoms with van der Waals surface area (Å²) in [5.74, 6) is -3.72. The molecule has 0 fully saturated rings. The predicted molar refractivity (Wildman–Crippen MR) is 47.0 cm³/mol. The molecule has 0 bridgehead atoms. The molecule has 0 spiro atoms. The molecule has 1 aromatic rings. The molecule has 3 nitrogen and oxygen atoms in total. The van der Waals surface area contributed by atoms with Crippen molar-refractivity contribution in [2.24, 2.45) is 5.73 Å². The maximum absolute atomic E-state index is 12.9. The molecule has 0 amide bonds. The fourth-order valence-corrected chi connectivity index (χ4v) is 1.19. The largest absolute Gasteiger partial charge is 0.505 e. The molecular formula is C8H8ClF2NO2. The van der Waals surface area contributed by atoms with Gasteiger partial charge in [-0.15, -0.1) is 0 Å². The van der Waals surface area contributed by atoms with Gasteiger partial charge in [0.25, 0.3) is 0 Å². The number of phenolic OH excluding ortho intramolecular Hbond substituents is 1. The van der Waals surface area contributed by atoms with Gasteiger partial charge >= 0.3 is 0 Å². The number of halogens is 3. The van der Waals surface area contributed by atoms with Gasteiger partial charge in [-0.1, -0.05) is 11.6 Å². The van der Waals surface area contributed by atoms with Gasteiger partial charge in [-0.25, -0.2) is 4.39 Å². The fraction of sp³-hybridized carbons (Fsp3) is 0.250. The van der Waals surface area contributed by atoms with E-state index >= 15 is 0 Å². The van der Waals surface area contributed by atoms with E-state index in [1.807, 2.05) is 0 Å². The lowest BCUT2D eigenvalue weighted by atomic mass is 10.1. The maximum Gasteiger partial charge on any atom is 0.202 e. The monoisotopic (exact) mass is 223 g/mol. The maximum atomic E-state index is 12.9. The number of aromatic hydroxyl groups is 1. The third-order valence-electron chi connectivity index (χ3n) is 1.76. The summed E-state index contributed by atoms with van der Waals surface area (Å²) in [7, 11) is 0. The minimum absolute atomic E-state index is 0.128. The summed E-state index contributed by atoms with van der Waals surface area (Å²) in [6.07, 6.45) is 0. The average Bonchev–Trinajstić information content (AvgIpc) is 2.19. The molecule has 78 valence electrons. The second-order valence-electron chi connectivity index (χ2n) is 2.71. The average molecular weight is 224 g/mol. The number of nitrogens with two attached hydrogens (primary N) is 1. The van der Waals surface area contributed by atoms with Crippen LogP contribution in [0.5, 0.6) is 5.75 Å². The molecule has 0 aliphatic carbocycles. The van der Waals surface area contributed by atoms with Gasteiger partial charge in [0.15, 0.2) is 11.6 Å². The van der Waals surface area contributed by atoms with Gasteiger partial charge in [0, 0.05) is 5.56 Å². The minimum Gasteiger partial charge on any atom is -0.505 e. The lowest BCUT2D eigenvalue weighted by Gasteiger charge is -2.12. The highest BCUT2D eigenvalue weighted by molar-refractivity contribution is 6.30. The van der Waals surface area contributed by atoms with Crippen molar-refractivity contribution in [2.75, 3.05) is 6.61 Å². The standard InChI is InChI=1S/C8H8ClF2NO2/c9-4-1-3(5(12)2-13)8(14)7(11)6(4)10/h1,5,13-14H,2,12H2. The van der Waals surface area contributed by atoms with Gasteiger partial charge in [-0.05, 0) is 6.07 Å². The minimum atomic E-state index is -1.46. The first kappa shape index (κ1) is 11.2. The molecule has 0 heterocycles. The highest BCUT2D eigenvalue weighted by Gasteiger charge is 2.20. The van der Waals surface area contributed by atoms with Crippen molar-refractivity contribution in [3.8, 4) is 5.75 Å². The molecule has 0 aromatic heterocycles. The van der Waals surface area contributed by atoms with Crippen molar-refractivity contribution in [2.45, 2.75) is 6.04 Å². The van der Waals surface area contributed by atoms with Crippen LogP contribution in [-0.4, -0.2) is 16.8 Å². The molecule has 0 saturated heterocycles. The van der Waals surface area contributed by atoms with Crippen molar-refractivity contribution in [3.05, 3.63) is 28.3 Å². The van der Waals surface area contributed by atoms with Gasteiger partial charge in [-0.2, -0.15) is 4.39 Å². The van der Waals surface area contributed by atoms with E-state index < -0.39 is 35.1 Å². The number of aliphatic hydroxyl groups excluding tert-OH is 1. The van der Waals surface area contributed by atoms with E-state index in [4.69, 9.17) is 27.5 Å². The Morgan fingerprint density at radius 1 is 1.43 bits per heavy atom. The molecule has 1 aromatic carbocycles. The van der Waals surface area contributed by atoms with Crippen LogP contribution in [0.1, 0.15) is 11.6 Å². The molecule has 0 aliphatic rings. The topological polar surface area (TPSA) is 66.5 Å². The number of hydrogen-bond donors (Lipinski definition) is 3. The van der Waals surface area contributed by atoms with E-state index in [1.54, 1.807) is 0 Å². The Morgan fingerprint density at radius 2 is 2.00 bits per heavy atom. The van der Waals surface area contributed by atoms with Crippen LogP contribution in [0, 0.1) is 11.6 Å². The number of phenols is 1. The summed E-state index contributed by atoms with van der Waals surface area (Å²) >= 11 is 5.33. The molecule has 0 saturated carbocycles. The molecule has 0 radical (unpaired) electrons. The third kappa shape index (κ3) is 1.79. The quantitative estimate of drug-likeness (QED) is 0.663. The summed E-state index contributed by atoms with van der Waals surface area (Å²) < 4.78 is 25.7. The Labute approximate surface area is 83.7 Å². The Bertz CT molecular complexity index is 360. The van der Waals surface area contributed by atoms with Gasteiger partial charge in [0.05, 0.1) is 17.7 Å². The molecule has 1 atom stereocenters. The van der Waals surface area contributed by atoms with Crippen molar-refractivity contribution in [1.82, 2.24) is 0 Å². The number of rotatable bonds is 2. The Kier molecular flexibility index (Phi) is 3.25. The lowest BCUT2D eigenvalue weighted by Crippen LogP contribution is -2.15. The first-order valence-electron chi connectivity index (χ1n) is 3.71. The second kappa shape index (κ2) is 4.08.